The largest absolute Gasteiger partial charge is 0.508 e. The third-order valence-electron chi connectivity index (χ3n) is 3.20. The van der Waals surface area contributed by atoms with Crippen LogP contribution in [-0.4, -0.2) is 20.4 Å². The average molecular weight is 266 g/mol. The van der Waals surface area contributed by atoms with Gasteiger partial charge in [0.2, 0.25) is 0 Å². The number of phenolic OH excluding ortho intramolecular Hbond substituents is 2. The van der Waals surface area contributed by atoms with Crippen molar-refractivity contribution in [2.45, 2.75) is 6.92 Å². The first-order chi connectivity index (χ1) is 9.63. The minimum Gasteiger partial charge on any atom is -0.508 e. The summed E-state index contributed by atoms with van der Waals surface area (Å²) in [4.78, 5) is 0. The van der Waals surface area contributed by atoms with E-state index < -0.39 is 0 Å². The Morgan fingerprint density at radius 2 is 1.70 bits per heavy atom. The zero-order chi connectivity index (χ0) is 14.1. The number of aromatic hydroxyl groups is 2. The van der Waals surface area contributed by atoms with Crippen molar-refractivity contribution in [3.8, 4) is 34.0 Å². The van der Waals surface area contributed by atoms with Gasteiger partial charge in [-0.05, 0) is 25.1 Å². The normalized spacial score (nSPS) is 10.7. The van der Waals surface area contributed by atoms with E-state index in [1.807, 2.05) is 37.3 Å². The fourth-order valence-electron chi connectivity index (χ4n) is 2.08. The number of nitrogens with one attached hydrogen (secondary N) is 1. The number of nitrogens with zero attached hydrogens (tertiary/aromatic N) is 1. The van der Waals surface area contributed by atoms with Gasteiger partial charge in [0.25, 0.3) is 0 Å². The van der Waals surface area contributed by atoms with Crippen LogP contribution in [-0.2, 0) is 0 Å². The predicted octanol–water partition coefficient (Wildman–Crippen LogP) is 3.46. The molecule has 0 unspecified atom stereocenters. The quantitative estimate of drug-likeness (QED) is 0.665. The molecule has 20 heavy (non-hydrogen) atoms. The highest BCUT2D eigenvalue weighted by molar-refractivity contribution is 5.72. The number of hydrogen-bond donors (Lipinski definition) is 3. The van der Waals surface area contributed by atoms with Crippen LogP contribution in [0.4, 0.5) is 0 Å². The molecule has 1 heterocycles. The van der Waals surface area contributed by atoms with Gasteiger partial charge in [0.05, 0.1) is 11.4 Å². The first-order valence-corrected chi connectivity index (χ1v) is 6.28. The van der Waals surface area contributed by atoms with Crippen molar-refractivity contribution in [1.29, 1.82) is 0 Å². The Morgan fingerprint density at radius 1 is 0.950 bits per heavy atom. The Morgan fingerprint density at radius 3 is 2.40 bits per heavy atom. The van der Waals surface area contributed by atoms with E-state index in [-0.39, 0.29) is 11.5 Å². The molecule has 0 atom stereocenters. The summed E-state index contributed by atoms with van der Waals surface area (Å²) in [5.41, 5.74) is 4.33. The summed E-state index contributed by atoms with van der Waals surface area (Å²) in [6.45, 7) is 2.04. The van der Waals surface area contributed by atoms with Gasteiger partial charge in [0.15, 0.2) is 0 Å². The van der Waals surface area contributed by atoms with Crippen molar-refractivity contribution < 1.29 is 10.2 Å². The molecule has 0 saturated carbocycles. The Balaban J connectivity index is 1.99. The van der Waals surface area contributed by atoms with E-state index in [0.29, 0.717) is 11.3 Å². The molecule has 0 aliphatic carbocycles. The Bertz CT molecular complexity index is 745. The molecule has 1 aromatic heterocycles. The van der Waals surface area contributed by atoms with E-state index in [1.54, 1.807) is 6.07 Å². The third-order valence-corrected chi connectivity index (χ3v) is 3.20. The minimum atomic E-state index is 0.0177. The van der Waals surface area contributed by atoms with Crippen LogP contribution in [0.15, 0.2) is 48.5 Å². The van der Waals surface area contributed by atoms with E-state index in [0.717, 1.165) is 11.3 Å². The van der Waals surface area contributed by atoms with Crippen molar-refractivity contribution in [2.75, 3.05) is 0 Å². The number of benzene rings is 2. The zero-order valence-electron chi connectivity index (χ0n) is 11.0. The molecule has 2 aromatic carbocycles. The van der Waals surface area contributed by atoms with Gasteiger partial charge in [0, 0.05) is 17.2 Å². The molecule has 0 bridgehead atoms. The van der Waals surface area contributed by atoms with E-state index in [2.05, 4.69) is 10.2 Å². The molecule has 100 valence electrons. The number of hydrogen-bond acceptors (Lipinski definition) is 3. The molecule has 3 rings (SSSR count). The number of rotatable bonds is 2. The van der Waals surface area contributed by atoms with Crippen LogP contribution >= 0.6 is 0 Å². The molecule has 0 radical (unpaired) electrons. The van der Waals surface area contributed by atoms with Gasteiger partial charge >= 0.3 is 0 Å². The lowest BCUT2D eigenvalue weighted by Crippen LogP contribution is -1.79. The van der Waals surface area contributed by atoms with Crippen LogP contribution in [0.2, 0.25) is 0 Å². The van der Waals surface area contributed by atoms with E-state index in [9.17, 15) is 10.2 Å². The second kappa shape index (κ2) is 4.74. The molecular weight excluding hydrogens is 252 g/mol. The summed E-state index contributed by atoms with van der Waals surface area (Å²) in [6.07, 6.45) is 0. The maximum Gasteiger partial charge on any atom is 0.128 e. The Hall–Kier alpha value is -2.75. The monoisotopic (exact) mass is 266 g/mol. The number of aromatic amines is 1. The highest BCUT2D eigenvalue weighted by Gasteiger charge is 2.09. The number of phenols is 2. The number of H-pyrrole nitrogens is 1. The van der Waals surface area contributed by atoms with Crippen molar-refractivity contribution in [3.63, 3.8) is 0 Å². The number of aromatic nitrogens is 2. The van der Waals surface area contributed by atoms with Crippen LogP contribution in [0.5, 0.6) is 11.5 Å². The SMILES string of the molecule is Cc1ccc(-c2cc(-c3ccc(O)cc3O)[nH]n2)cc1. The molecule has 3 N–H and O–H groups in total. The molecule has 0 spiro atoms. The first-order valence-electron chi connectivity index (χ1n) is 6.28. The fraction of sp³-hybridized carbons (Fsp3) is 0.0625. The summed E-state index contributed by atoms with van der Waals surface area (Å²) in [7, 11) is 0. The van der Waals surface area contributed by atoms with Crippen LogP contribution in [0.1, 0.15) is 5.56 Å². The molecule has 0 aliphatic heterocycles. The molecule has 3 aromatic rings. The third kappa shape index (κ3) is 2.23. The topological polar surface area (TPSA) is 69.1 Å². The van der Waals surface area contributed by atoms with E-state index in [1.165, 1.54) is 17.7 Å². The first kappa shape index (κ1) is 12.3. The van der Waals surface area contributed by atoms with Gasteiger partial charge in [-0.1, -0.05) is 29.8 Å². The summed E-state index contributed by atoms with van der Waals surface area (Å²) in [5.74, 6) is 0.0497. The summed E-state index contributed by atoms with van der Waals surface area (Å²) < 4.78 is 0. The fourth-order valence-corrected chi connectivity index (χ4v) is 2.08. The van der Waals surface area contributed by atoms with Crippen molar-refractivity contribution in [1.82, 2.24) is 10.2 Å². The Labute approximate surface area is 116 Å². The van der Waals surface area contributed by atoms with Crippen LogP contribution in [0.25, 0.3) is 22.5 Å². The maximum absolute atomic E-state index is 9.85. The van der Waals surface area contributed by atoms with Gasteiger partial charge in [-0.3, -0.25) is 5.10 Å². The lowest BCUT2D eigenvalue weighted by atomic mass is 10.1. The van der Waals surface area contributed by atoms with E-state index >= 15 is 0 Å². The summed E-state index contributed by atoms with van der Waals surface area (Å²) in [6, 6.07) is 14.4. The molecule has 0 fully saturated rings. The van der Waals surface area contributed by atoms with E-state index in [4.69, 9.17) is 0 Å². The van der Waals surface area contributed by atoms with Crippen LogP contribution < -0.4 is 0 Å². The Kier molecular flexibility index (Phi) is 2.91. The smallest absolute Gasteiger partial charge is 0.128 e. The standard InChI is InChI=1S/C16H14N2O2/c1-10-2-4-11(5-3-10)14-9-15(18-17-14)13-7-6-12(19)8-16(13)20/h2-9,19-20H,1H3,(H,17,18). The van der Waals surface area contributed by atoms with Gasteiger partial charge in [-0.2, -0.15) is 5.10 Å². The second-order valence-corrected chi connectivity index (χ2v) is 4.73. The molecule has 0 aliphatic rings. The summed E-state index contributed by atoms with van der Waals surface area (Å²) >= 11 is 0. The number of aryl methyl sites for hydroxylation is 1. The van der Waals surface area contributed by atoms with Crippen molar-refractivity contribution >= 4 is 0 Å². The van der Waals surface area contributed by atoms with Crippen molar-refractivity contribution in [3.05, 3.63) is 54.1 Å². The van der Waals surface area contributed by atoms with Gasteiger partial charge in [0.1, 0.15) is 11.5 Å². The molecule has 4 heteroatoms. The highest BCUT2D eigenvalue weighted by Crippen LogP contribution is 2.32. The minimum absolute atomic E-state index is 0.0177. The predicted molar refractivity (Wildman–Crippen MR) is 77.5 cm³/mol. The summed E-state index contributed by atoms with van der Waals surface area (Å²) in [5, 5.41) is 26.3. The van der Waals surface area contributed by atoms with Gasteiger partial charge in [-0.25, -0.2) is 0 Å². The maximum atomic E-state index is 9.85. The van der Waals surface area contributed by atoms with Crippen LogP contribution in [0, 0.1) is 6.92 Å². The lowest BCUT2D eigenvalue weighted by Gasteiger charge is -2.01. The molecule has 4 nitrogen and oxygen atoms in total. The average Bonchev–Trinajstić information content (AvgIpc) is 2.89. The highest BCUT2D eigenvalue weighted by atomic mass is 16.3. The molecule has 0 saturated heterocycles. The molecular formula is C16H14N2O2. The molecule has 0 amide bonds. The lowest BCUT2D eigenvalue weighted by molar-refractivity contribution is 0.452. The van der Waals surface area contributed by atoms with Gasteiger partial charge < -0.3 is 10.2 Å². The van der Waals surface area contributed by atoms with Crippen molar-refractivity contribution in [2.24, 2.45) is 0 Å². The van der Waals surface area contributed by atoms with Crippen LogP contribution in [0.3, 0.4) is 0 Å². The zero-order valence-corrected chi connectivity index (χ0v) is 11.0. The van der Waals surface area contributed by atoms with Gasteiger partial charge in [-0.15, -0.1) is 0 Å². The second-order valence-electron chi connectivity index (χ2n) is 4.73.